The lowest BCUT2D eigenvalue weighted by molar-refractivity contribution is -0.386. The summed E-state index contributed by atoms with van der Waals surface area (Å²) in [5.74, 6) is 0.147. The Bertz CT molecular complexity index is 1140. The SMILES string of the molecule is CC(C)c1nn(-c2ccccc2)cc1CNc1cccc(S(C)(=O)=O)c1[N+](=O)[O-]. The van der Waals surface area contributed by atoms with Crippen LogP contribution in [0.3, 0.4) is 0 Å². The molecular weight excluding hydrogens is 392 g/mol. The first-order chi connectivity index (χ1) is 13.7. The first-order valence-corrected chi connectivity index (χ1v) is 10.9. The number of hydrogen-bond acceptors (Lipinski definition) is 6. The van der Waals surface area contributed by atoms with Gasteiger partial charge in [0.1, 0.15) is 10.6 Å². The number of nitro groups is 1. The van der Waals surface area contributed by atoms with E-state index in [-0.39, 0.29) is 23.0 Å². The number of nitrogens with one attached hydrogen (secondary N) is 1. The molecule has 1 aromatic heterocycles. The molecule has 0 unspecified atom stereocenters. The summed E-state index contributed by atoms with van der Waals surface area (Å²) in [6.45, 7) is 4.32. The van der Waals surface area contributed by atoms with Crippen molar-refractivity contribution < 1.29 is 13.3 Å². The minimum absolute atomic E-state index is 0.147. The molecule has 0 radical (unpaired) electrons. The van der Waals surface area contributed by atoms with E-state index in [9.17, 15) is 18.5 Å². The molecule has 0 aliphatic carbocycles. The number of aromatic nitrogens is 2. The third-order valence-corrected chi connectivity index (χ3v) is 5.57. The highest BCUT2D eigenvalue weighted by Gasteiger charge is 2.26. The molecular formula is C20H22N4O4S. The summed E-state index contributed by atoms with van der Waals surface area (Å²) in [6.07, 6.45) is 2.84. The number of rotatable bonds is 7. The van der Waals surface area contributed by atoms with Gasteiger partial charge in [-0.15, -0.1) is 0 Å². The maximum absolute atomic E-state index is 11.9. The number of anilines is 1. The maximum Gasteiger partial charge on any atom is 0.310 e. The van der Waals surface area contributed by atoms with Crippen molar-refractivity contribution in [1.82, 2.24) is 9.78 Å². The van der Waals surface area contributed by atoms with Gasteiger partial charge in [0, 0.05) is 24.6 Å². The first-order valence-electron chi connectivity index (χ1n) is 9.03. The minimum atomic E-state index is -3.74. The standard InChI is InChI=1S/C20H22N4O4S/c1-14(2)19-15(13-23(22-19)16-8-5-4-6-9-16)12-21-17-10-7-11-18(29(3,27)28)20(17)24(25)26/h4-11,13-14,21H,12H2,1-3H3. The summed E-state index contributed by atoms with van der Waals surface area (Å²) in [6, 6.07) is 13.9. The van der Waals surface area contributed by atoms with E-state index in [2.05, 4.69) is 10.4 Å². The van der Waals surface area contributed by atoms with Gasteiger partial charge in [0.2, 0.25) is 0 Å². The molecule has 9 heteroatoms. The molecule has 2 aromatic carbocycles. The highest BCUT2D eigenvalue weighted by molar-refractivity contribution is 7.90. The molecule has 0 atom stereocenters. The van der Waals surface area contributed by atoms with Crippen molar-refractivity contribution in [3.05, 3.63) is 76.1 Å². The fourth-order valence-electron chi connectivity index (χ4n) is 3.10. The number of nitro benzene ring substituents is 1. The fourth-order valence-corrected chi connectivity index (χ4v) is 3.96. The van der Waals surface area contributed by atoms with E-state index in [0.29, 0.717) is 0 Å². The second-order valence-electron chi connectivity index (χ2n) is 7.01. The second-order valence-corrected chi connectivity index (χ2v) is 8.99. The zero-order chi connectivity index (χ0) is 21.2. The average Bonchev–Trinajstić information content (AvgIpc) is 3.10. The summed E-state index contributed by atoms with van der Waals surface area (Å²) in [5, 5.41) is 19.2. The predicted octanol–water partition coefficient (Wildman–Crippen LogP) is 3.92. The highest BCUT2D eigenvalue weighted by atomic mass is 32.2. The lowest BCUT2D eigenvalue weighted by Crippen LogP contribution is -2.08. The quantitative estimate of drug-likeness (QED) is 0.464. The summed E-state index contributed by atoms with van der Waals surface area (Å²) in [4.78, 5) is 10.6. The molecule has 8 nitrogen and oxygen atoms in total. The Morgan fingerprint density at radius 1 is 1.14 bits per heavy atom. The van der Waals surface area contributed by atoms with E-state index >= 15 is 0 Å². The third-order valence-electron chi connectivity index (χ3n) is 4.44. The summed E-state index contributed by atoms with van der Waals surface area (Å²) >= 11 is 0. The monoisotopic (exact) mass is 414 g/mol. The lowest BCUT2D eigenvalue weighted by Gasteiger charge is -2.10. The van der Waals surface area contributed by atoms with Crippen LogP contribution in [0.2, 0.25) is 0 Å². The third kappa shape index (κ3) is 4.45. The van der Waals surface area contributed by atoms with Crippen molar-refractivity contribution in [3.8, 4) is 5.69 Å². The van der Waals surface area contributed by atoms with E-state index in [1.807, 2.05) is 50.4 Å². The van der Waals surface area contributed by atoms with E-state index < -0.39 is 20.4 Å². The molecule has 0 saturated heterocycles. The van der Waals surface area contributed by atoms with Crippen LogP contribution in [0.15, 0.2) is 59.6 Å². The Kier molecular flexibility index (Phi) is 5.69. The van der Waals surface area contributed by atoms with Crippen molar-refractivity contribution >= 4 is 21.2 Å². The largest absolute Gasteiger partial charge is 0.375 e. The van der Waals surface area contributed by atoms with Gasteiger partial charge in [0.25, 0.3) is 0 Å². The summed E-state index contributed by atoms with van der Waals surface area (Å²) in [5.41, 5.74) is 2.36. The number of para-hydroxylation sites is 2. The predicted molar refractivity (Wildman–Crippen MR) is 111 cm³/mol. The van der Waals surface area contributed by atoms with Crippen molar-refractivity contribution in [3.63, 3.8) is 0 Å². The molecule has 0 amide bonds. The Morgan fingerprint density at radius 3 is 2.41 bits per heavy atom. The molecule has 3 rings (SSSR count). The highest BCUT2D eigenvalue weighted by Crippen LogP contribution is 2.32. The molecule has 0 spiro atoms. The van der Waals surface area contributed by atoms with Crippen LogP contribution in [0.1, 0.15) is 31.0 Å². The van der Waals surface area contributed by atoms with Crippen LogP contribution in [-0.4, -0.2) is 29.4 Å². The number of nitrogens with zero attached hydrogens (tertiary/aromatic N) is 3. The van der Waals surface area contributed by atoms with Gasteiger partial charge in [0.05, 0.1) is 16.3 Å². The Balaban J connectivity index is 1.96. The van der Waals surface area contributed by atoms with Crippen LogP contribution in [0.4, 0.5) is 11.4 Å². The maximum atomic E-state index is 11.9. The van der Waals surface area contributed by atoms with E-state index in [1.54, 1.807) is 4.68 Å². The zero-order valence-electron chi connectivity index (χ0n) is 16.4. The summed E-state index contributed by atoms with van der Waals surface area (Å²) < 4.78 is 25.7. The fraction of sp³-hybridized carbons (Fsp3) is 0.250. The molecule has 0 aliphatic heterocycles. The van der Waals surface area contributed by atoms with Crippen LogP contribution < -0.4 is 5.32 Å². The Morgan fingerprint density at radius 2 is 1.83 bits per heavy atom. The van der Waals surface area contributed by atoms with Gasteiger partial charge in [-0.25, -0.2) is 13.1 Å². The first kappa shape index (κ1) is 20.5. The number of sulfone groups is 1. The van der Waals surface area contributed by atoms with Crippen LogP contribution in [0.25, 0.3) is 5.69 Å². The minimum Gasteiger partial charge on any atom is -0.375 e. The Labute approximate surface area is 169 Å². The normalized spacial score (nSPS) is 11.6. The van der Waals surface area contributed by atoms with Gasteiger partial charge in [-0.05, 0) is 30.2 Å². The lowest BCUT2D eigenvalue weighted by atomic mass is 10.1. The molecule has 1 heterocycles. The second kappa shape index (κ2) is 8.04. The van der Waals surface area contributed by atoms with Crippen LogP contribution in [0, 0.1) is 10.1 Å². The smallest absolute Gasteiger partial charge is 0.310 e. The summed E-state index contributed by atoms with van der Waals surface area (Å²) in [7, 11) is -3.74. The van der Waals surface area contributed by atoms with Crippen molar-refractivity contribution in [1.29, 1.82) is 0 Å². The van der Waals surface area contributed by atoms with Crippen molar-refractivity contribution in [2.24, 2.45) is 0 Å². The van der Waals surface area contributed by atoms with Gasteiger partial charge in [-0.1, -0.05) is 38.1 Å². The van der Waals surface area contributed by atoms with Crippen LogP contribution >= 0.6 is 0 Å². The molecule has 29 heavy (non-hydrogen) atoms. The number of hydrogen-bond donors (Lipinski definition) is 1. The molecule has 0 fully saturated rings. The van der Waals surface area contributed by atoms with Gasteiger partial charge < -0.3 is 5.32 Å². The van der Waals surface area contributed by atoms with E-state index in [4.69, 9.17) is 0 Å². The van der Waals surface area contributed by atoms with Crippen LogP contribution in [-0.2, 0) is 16.4 Å². The topological polar surface area (TPSA) is 107 Å². The van der Waals surface area contributed by atoms with Crippen molar-refractivity contribution in [2.75, 3.05) is 11.6 Å². The molecule has 152 valence electrons. The molecule has 0 saturated carbocycles. The molecule has 1 N–H and O–H groups in total. The zero-order valence-corrected chi connectivity index (χ0v) is 17.2. The molecule has 0 aliphatic rings. The van der Waals surface area contributed by atoms with Crippen LogP contribution in [0.5, 0.6) is 0 Å². The Hall–Kier alpha value is -3.20. The van der Waals surface area contributed by atoms with Gasteiger partial charge in [0.15, 0.2) is 9.84 Å². The van der Waals surface area contributed by atoms with Gasteiger partial charge in [-0.2, -0.15) is 5.10 Å². The van der Waals surface area contributed by atoms with E-state index in [1.165, 1.54) is 18.2 Å². The van der Waals surface area contributed by atoms with Crippen molar-refractivity contribution in [2.45, 2.75) is 31.2 Å². The van der Waals surface area contributed by atoms with Gasteiger partial charge >= 0.3 is 5.69 Å². The molecule has 3 aromatic rings. The van der Waals surface area contributed by atoms with E-state index in [0.717, 1.165) is 23.2 Å². The number of benzene rings is 2. The molecule has 0 bridgehead atoms. The van der Waals surface area contributed by atoms with Gasteiger partial charge in [-0.3, -0.25) is 10.1 Å². The average molecular weight is 414 g/mol.